The maximum Gasteiger partial charge on any atom is 0 e. The van der Waals surface area contributed by atoms with Gasteiger partial charge in [0.1, 0.15) is 0 Å². The van der Waals surface area contributed by atoms with Gasteiger partial charge in [0.15, 0.2) is 0 Å². The fraction of sp³-hybridized carbons (Fsp3) is 0. The van der Waals surface area contributed by atoms with Crippen LogP contribution in [-0.2, 0) is 51.2 Å². The first-order chi connectivity index (χ1) is 0. The molecule has 4 radical (unpaired) electrons. The molecule has 0 aromatic rings. The van der Waals surface area contributed by atoms with Crippen molar-refractivity contribution < 1.29 is 51.2 Å². The molecule has 28 valence electrons. The first-order valence-electron chi connectivity index (χ1n) is 0. The van der Waals surface area contributed by atoms with Crippen molar-refractivity contribution in [1.29, 1.82) is 0 Å². The summed E-state index contributed by atoms with van der Waals surface area (Å²) in [6, 6.07) is 0. The maximum absolute atomic E-state index is 0. The second-order valence-corrected chi connectivity index (χ2v) is 0. The Bertz CT molecular complexity index is 8.00. The smallest absolute Gasteiger partial charge is 0 e. The predicted molar refractivity (Wildman–Crippen MR) is 5.75 cm³/mol. The SMILES string of the molecule is [Cu].[Fe].[Mg].[Mn]. The minimum absolute atomic E-state index is 0. The van der Waals surface area contributed by atoms with Crippen molar-refractivity contribution in [2.75, 3.05) is 0 Å². The third kappa shape index (κ3) is 8.85. The van der Waals surface area contributed by atoms with Crippen LogP contribution in [0.3, 0.4) is 0 Å². The normalized spacial score (nSPS) is 0. The minimum atomic E-state index is 0. The Hall–Kier alpha value is 2.32. The number of rotatable bonds is 0. The average Bonchev–Trinajstić information content (AvgIpc) is 0. The second-order valence-electron chi connectivity index (χ2n) is 0. The van der Waals surface area contributed by atoms with Gasteiger partial charge in [-0.3, -0.25) is 0 Å². The van der Waals surface area contributed by atoms with E-state index in [0.29, 0.717) is 0 Å². The fourth-order valence-electron chi connectivity index (χ4n) is 0. The van der Waals surface area contributed by atoms with Gasteiger partial charge in [-0.25, -0.2) is 0 Å². The van der Waals surface area contributed by atoms with Gasteiger partial charge in [-0.05, 0) is 0 Å². The third-order valence-electron chi connectivity index (χ3n) is 0. The summed E-state index contributed by atoms with van der Waals surface area (Å²) in [5.41, 5.74) is 0. The quantitative estimate of drug-likeness (QED) is 0.466. The third-order valence-corrected chi connectivity index (χ3v) is 0. The first-order valence-corrected chi connectivity index (χ1v) is 0. The molecule has 0 spiro atoms. The van der Waals surface area contributed by atoms with E-state index in [1.807, 2.05) is 0 Å². The van der Waals surface area contributed by atoms with E-state index in [-0.39, 0.29) is 74.3 Å². The van der Waals surface area contributed by atoms with E-state index >= 15 is 0 Å². The van der Waals surface area contributed by atoms with Crippen molar-refractivity contribution in [3.63, 3.8) is 0 Å². The van der Waals surface area contributed by atoms with Crippen LogP contribution in [-0.4, -0.2) is 23.1 Å². The zero-order valence-corrected chi connectivity index (χ0v) is 6.38. The summed E-state index contributed by atoms with van der Waals surface area (Å²) in [6.45, 7) is 0. The molecule has 0 saturated heterocycles. The molecular weight excluding hydrogens is 199 g/mol. The van der Waals surface area contributed by atoms with Gasteiger partial charge in [0.2, 0.25) is 0 Å². The summed E-state index contributed by atoms with van der Waals surface area (Å²) in [5, 5.41) is 0. The molecule has 0 heterocycles. The molecule has 0 aliphatic heterocycles. The molecule has 0 rings (SSSR count). The summed E-state index contributed by atoms with van der Waals surface area (Å²) in [4.78, 5) is 0. The van der Waals surface area contributed by atoms with Crippen LogP contribution in [0.25, 0.3) is 0 Å². The minimum Gasteiger partial charge on any atom is 0 e. The molecule has 0 aromatic heterocycles. The second kappa shape index (κ2) is 18.4. The Morgan fingerprint density at radius 1 is 1.00 bits per heavy atom. The van der Waals surface area contributed by atoms with E-state index in [2.05, 4.69) is 0 Å². The Labute approximate surface area is 73.4 Å². The van der Waals surface area contributed by atoms with E-state index in [0.717, 1.165) is 0 Å². The first kappa shape index (κ1) is 33.2. The molecule has 0 N–H and O–H groups in total. The van der Waals surface area contributed by atoms with Crippen molar-refractivity contribution >= 4 is 23.1 Å². The van der Waals surface area contributed by atoms with Crippen molar-refractivity contribution in [3.8, 4) is 0 Å². The number of hydrogen-bond acceptors (Lipinski definition) is 0. The van der Waals surface area contributed by atoms with Crippen LogP contribution in [0.5, 0.6) is 0 Å². The van der Waals surface area contributed by atoms with Crippen LogP contribution in [0.15, 0.2) is 0 Å². The molecule has 0 unspecified atom stereocenters. The molecule has 0 aliphatic carbocycles. The average molecular weight is 199 g/mol. The topological polar surface area (TPSA) is 0 Å². The van der Waals surface area contributed by atoms with Crippen LogP contribution in [0.1, 0.15) is 0 Å². The van der Waals surface area contributed by atoms with Gasteiger partial charge in [-0.2, -0.15) is 0 Å². The molecule has 4 heteroatoms. The molecule has 0 aromatic carbocycles. The summed E-state index contributed by atoms with van der Waals surface area (Å²) < 4.78 is 0. The molecule has 0 atom stereocenters. The molecule has 0 bridgehead atoms. The van der Waals surface area contributed by atoms with Gasteiger partial charge in [-0.15, -0.1) is 0 Å². The van der Waals surface area contributed by atoms with Crippen molar-refractivity contribution in [3.05, 3.63) is 0 Å². The monoisotopic (exact) mass is 198 g/mol. The molecule has 0 aliphatic rings. The molecule has 0 fully saturated rings. The van der Waals surface area contributed by atoms with E-state index < -0.39 is 0 Å². The van der Waals surface area contributed by atoms with Crippen molar-refractivity contribution in [2.45, 2.75) is 0 Å². The van der Waals surface area contributed by atoms with Crippen LogP contribution in [0.2, 0.25) is 0 Å². The van der Waals surface area contributed by atoms with Gasteiger partial charge >= 0.3 is 0 Å². The summed E-state index contributed by atoms with van der Waals surface area (Å²) in [5.74, 6) is 0. The maximum atomic E-state index is 0. The Morgan fingerprint density at radius 2 is 1.00 bits per heavy atom. The molecule has 4 heavy (non-hydrogen) atoms. The van der Waals surface area contributed by atoms with Gasteiger partial charge in [-0.1, -0.05) is 0 Å². The van der Waals surface area contributed by atoms with Gasteiger partial charge < -0.3 is 0 Å². The summed E-state index contributed by atoms with van der Waals surface area (Å²) >= 11 is 0. The zero-order chi connectivity index (χ0) is 0. The molecular formula is CuFeMgMn. The van der Waals surface area contributed by atoms with Crippen molar-refractivity contribution in [1.82, 2.24) is 0 Å². The van der Waals surface area contributed by atoms with E-state index in [1.165, 1.54) is 0 Å². The fourth-order valence-corrected chi connectivity index (χ4v) is 0. The number of hydrogen-bond donors (Lipinski definition) is 0. The Balaban J connectivity index is 0. The molecule has 0 amide bonds. The van der Waals surface area contributed by atoms with E-state index in [9.17, 15) is 0 Å². The molecule has 0 nitrogen and oxygen atoms in total. The van der Waals surface area contributed by atoms with Crippen LogP contribution < -0.4 is 0 Å². The zero-order valence-electron chi connectivity index (χ0n) is 1.74. The van der Waals surface area contributed by atoms with Crippen LogP contribution in [0.4, 0.5) is 0 Å². The Kier molecular flexibility index (Phi) is 153. The summed E-state index contributed by atoms with van der Waals surface area (Å²) in [6.07, 6.45) is 0. The van der Waals surface area contributed by atoms with E-state index in [4.69, 9.17) is 0 Å². The van der Waals surface area contributed by atoms with Gasteiger partial charge in [0.05, 0.1) is 0 Å². The van der Waals surface area contributed by atoms with Gasteiger partial charge in [0.25, 0.3) is 0 Å². The Morgan fingerprint density at radius 3 is 1.00 bits per heavy atom. The summed E-state index contributed by atoms with van der Waals surface area (Å²) in [7, 11) is 0. The van der Waals surface area contributed by atoms with Gasteiger partial charge in [0, 0.05) is 74.3 Å². The molecule has 0 saturated carbocycles. The predicted octanol–water partition coefficient (Wildman–Crippen LogP) is -0.388. The van der Waals surface area contributed by atoms with E-state index in [1.54, 1.807) is 0 Å². The largest absolute Gasteiger partial charge is 0 e. The van der Waals surface area contributed by atoms with Crippen LogP contribution in [0, 0.1) is 0 Å². The van der Waals surface area contributed by atoms with Crippen molar-refractivity contribution in [2.24, 2.45) is 0 Å². The standard InChI is InChI=1S/Cu.Fe.Mg.Mn. The van der Waals surface area contributed by atoms with Crippen LogP contribution >= 0.6 is 0 Å².